The zero-order valence-corrected chi connectivity index (χ0v) is 15.1. The van der Waals surface area contributed by atoms with Crippen LogP contribution in [-0.2, 0) is 4.74 Å². The van der Waals surface area contributed by atoms with Gasteiger partial charge in [0.2, 0.25) is 0 Å². The number of aromatic nitrogens is 1. The Labute approximate surface area is 146 Å². The fraction of sp³-hybridized carbons (Fsp3) is 0.625. The molecule has 2 saturated heterocycles. The molecule has 0 bridgehead atoms. The van der Waals surface area contributed by atoms with Gasteiger partial charge in [0, 0.05) is 25.6 Å². The number of carbonyl (C=O) groups excluding carboxylic acids is 1. The number of amides is 1. The summed E-state index contributed by atoms with van der Waals surface area (Å²) in [5.41, 5.74) is 0.479. The molecule has 1 amide bonds. The van der Waals surface area contributed by atoms with Crippen LogP contribution in [0.25, 0.3) is 0 Å². The van der Waals surface area contributed by atoms with Gasteiger partial charge in [-0.05, 0) is 33.3 Å². The number of rotatable bonds is 1. The zero-order valence-electron chi connectivity index (χ0n) is 13.6. The van der Waals surface area contributed by atoms with Gasteiger partial charge in [0.1, 0.15) is 10.8 Å². The van der Waals surface area contributed by atoms with Gasteiger partial charge in [-0.3, -0.25) is 0 Å². The molecule has 5 nitrogen and oxygen atoms in total. The Morgan fingerprint density at radius 2 is 2.09 bits per heavy atom. The minimum Gasteiger partial charge on any atom is -0.444 e. The van der Waals surface area contributed by atoms with Crippen LogP contribution in [0.3, 0.4) is 0 Å². The van der Waals surface area contributed by atoms with Gasteiger partial charge in [-0.2, -0.15) is 0 Å². The van der Waals surface area contributed by atoms with Crippen molar-refractivity contribution in [3.05, 3.63) is 22.4 Å². The van der Waals surface area contributed by atoms with Crippen LogP contribution in [0.2, 0.25) is 10.2 Å². The number of carbonyl (C=O) groups is 1. The number of fused-ring (bicyclic) bond motifs is 1. The van der Waals surface area contributed by atoms with E-state index in [1.807, 2.05) is 26.8 Å². The summed E-state index contributed by atoms with van der Waals surface area (Å²) in [6, 6.07) is 2.12. The van der Waals surface area contributed by atoms with Crippen LogP contribution in [0.1, 0.15) is 27.2 Å². The molecule has 23 heavy (non-hydrogen) atoms. The molecule has 0 aromatic carbocycles. The van der Waals surface area contributed by atoms with Crippen LogP contribution < -0.4 is 4.90 Å². The van der Waals surface area contributed by atoms with Crippen molar-refractivity contribution in [2.45, 2.75) is 38.8 Å². The number of halogens is 2. The lowest BCUT2D eigenvalue weighted by atomic mass is 9.82. The first-order valence-corrected chi connectivity index (χ1v) is 8.56. The first kappa shape index (κ1) is 16.7. The van der Waals surface area contributed by atoms with Crippen LogP contribution in [0.4, 0.5) is 10.5 Å². The lowest BCUT2D eigenvalue weighted by Gasteiger charge is -2.54. The third-order valence-corrected chi connectivity index (χ3v) is 5.00. The molecule has 2 aliphatic rings. The Hall–Kier alpha value is -1.20. The minimum absolute atomic E-state index is 0.241. The second-order valence-corrected chi connectivity index (χ2v) is 7.93. The van der Waals surface area contributed by atoms with Gasteiger partial charge in [-0.1, -0.05) is 23.2 Å². The molecule has 0 radical (unpaired) electrons. The number of hydrogen-bond donors (Lipinski definition) is 0. The molecule has 0 N–H and O–H groups in total. The summed E-state index contributed by atoms with van der Waals surface area (Å²) in [6.45, 7) is 8.04. The molecular weight excluding hydrogens is 337 g/mol. The van der Waals surface area contributed by atoms with Crippen LogP contribution in [0, 0.1) is 5.92 Å². The standard InChI is InChI=1S/C16H21Cl2N3O2/c1-16(2,3)23-15(22)20-5-4-10-8-21(13(10)9-20)11-6-12(17)14(18)19-7-11/h6-7,10,13H,4-5,8-9H2,1-3H3/t10-,13-/m0/s1. The van der Waals surface area contributed by atoms with E-state index in [0.29, 0.717) is 22.6 Å². The maximum atomic E-state index is 12.3. The minimum atomic E-state index is -0.471. The van der Waals surface area contributed by atoms with Crippen molar-refractivity contribution in [1.82, 2.24) is 9.88 Å². The van der Waals surface area contributed by atoms with E-state index in [9.17, 15) is 4.79 Å². The molecule has 7 heteroatoms. The lowest BCUT2D eigenvalue weighted by molar-refractivity contribution is 0.0107. The molecule has 1 aromatic rings. The third kappa shape index (κ3) is 3.50. The van der Waals surface area contributed by atoms with Gasteiger partial charge in [0.25, 0.3) is 0 Å². The number of hydrogen-bond acceptors (Lipinski definition) is 4. The van der Waals surface area contributed by atoms with Crippen molar-refractivity contribution < 1.29 is 9.53 Å². The first-order valence-electron chi connectivity index (χ1n) is 7.80. The van der Waals surface area contributed by atoms with E-state index in [1.54, 1.807) is 11.1 Å². The highest BCUT2D eigenvalue weighted by atomic mass is 35.5. The van der Waals surface area contributed by atoms with Crippen molar-refractivity contribution in [3.8, 4) is 0 Å². The smallest absolute Gasteiger partial charge is 0.410 e. The molecule has 3 heterocycles. The summed E-state index contributed by atoms with van der Waals surface area (Å²) >= 11 is 11.9. The Morgan fingerprint density at radius 1 is 1.35 bits per heavy atom. The molecule has 0 aliphatic carbocycles. The SMILES string of the molecule is CC(C)(C)OC(=O)N1CC[C@H]2CN(c3cnc(Cl)c(Cl)c3)[C@H]2C1. The molecule has 2 aliphatic heterocycles. The Morgan fingerprint density at radius 3 is 2.74 bits per heavy atom. The van der Waals surface area contributed by atoms with E-state index in [-0.39, 0.29) is 12.1 Å². The van der Waals surface area contributed by atoms with E-state index in [0.717, 1.165) is 25.2 Å². The molecule has 3 rings (SSSR count). The topological polar surface area (TPSA) is 45.7 Å². The second kappa shape index (κ2) is 6.02. The van der Waals surface area contributed by atoms with Crippen LogP contribution in [0.15, 0.2) is 12.3 Å². The summed E-state index contributed by atoms with van der Waals surface area (Å²) in [5, 5.41) is 0.763. The monoisotopic (exact) mass is 357 g/mol. The average molecular weight is 358 g/mol. The normalized spacial score (nSPS) is 24.0. The van der Waals surface area contributed by atoms with E-state index in [1.165, 1.54) is 0 Å². The highest BCUT2D eigenvalue weighted by Crippen LogP contribution is 2.38. The van der Waals surface area contributed by atoms with Crippen molar-refractivity contribution in [2.24, 2.45) is 5.92 Å². The van der Waals surface area contributed by atoms with Crippen LogP contribution >= 0.6 is 23.2 Å². The quantitative estimate of drug-likeness (QED) is 0.716. The maximum absolute atomic E-state index is 12.3. The van der Waals surface area contributed by atoms with Crippen molar-refractivity contribution in [1.29, 1.82) is 0 Å². The Balaban J connectivity index is 1.68. The largest absolute Gasteiger partial charge is 0.444 e. The number of piperidine rings is 1. The van der Waals surface area contributed by atoms with Crippen LogP contribution in [0.5, 0.6) is 0 Å². The number of anilines is 1. The van der Waals surface area contributed by atoms with Gasteiger partial charge in [-0.25, -0.2) is 9.78 Å². The number of pyridine rings is 1. The molecule has 2 fully saturated rings. The number of likely N-dealkylation sites (tertiary alicyclic amines) is 1. The zero-order chi connectivity index (χ0) is 16.8. The van der Waals surface area contributed by atoms with Crippen LogP contribution in [-0.4, -0.2) is 47.3 Å². The Bertz CT molecular complexity index is 618. The molecular formula is C16H21Cl2N3O2. The van der Waals surface area contributed by atoms with Gasteiger partial charge in [0.15, 0.2) is 0 Å². The molecule has 126 valence electrons. The predicted molar refractivity (Wildman–Crippen MR) is 91.3 cm³/mol. The summed E-state index contributed by atoms with van der Waals surface area (Å²) in [4.78, 5) is 20.4. The molecule has 0 saturated carbocycles. The number of nitrogens with zero attached hydrogens (tertiary/aromatic N) is 3. The van der Waals surface area contributed by atoms with Gasteiger partial charge in [0.05, 0.1) is 22.9 Å². The van der Waals surface area contributed by atoms with E-state index in [2.05, 4.69) is 9.88 Å². The molecule has 2 atom stereocenters. The second-order valence-electron chi connectivity index (χ2n) is 7.16. The van der Waals surface area contributed by atoms with Gasteiger partial charge < -0.3 is 14.5 Å². The third-order valence-electron chi connectivity index (χ3n) is 4.32. The summed E-state index contributed by atoms with van der Waals surface area (Å²) in [6.07, 6.45) is 2.49. The summed E-state index contributed by atoms with van der Waals surface area (Å²) in [7, 11) is 0. The van der Waals surface area contributed by atoms with E-state index >= 15 is 0 Å². The first-order chi connectivity index (χ1) is 10.7. The maximum Gasteiger partial charge on any atom is 0.410 e. The fourth-order valence-corrected chi connectivity index (χ4v) is 3.42. The predicted octanol–water partition coefficient (Wildman–Crippen LogP) is 3.83. The van der Waals surface area contributed by atoms with Crippen molar-refractivity contribution in [3.63, 3.8) is 0 Å². The summed E-state index contributed by atoms with van der Waals surface area (Å²) < 4.78 is 5.48. The molecule has 0 unspecified atom stereocenters. The van der Waals surface area contributed by atoms with Crippen molar-refractivity contribution in [2.75, 3.05) is 24.5 Å². The average Bonchev–Trinajstić information content (AvgIpc) is 2.42. The van der Waals surface area contributed by atoms with Gasteiger partial charge in [-0.15, -0.1) is 0 Å². The summed E-state index contributed by atoms with van der Waals surface area (Å²) in [5.74, 6) is 0.600. The highest BCUT2D eigenvalue weighted by molar-refractivity contribution is 6.41. The fourth-order valence-electron chi connectivity index (χ4n) is 3.15. The van der Waals surface area contributed by atoms with Gasteiger partial charge >= 0.3 is 6.09 Å². The van der Waals surface area contributed by atoms with Crippen molar-refractivity contribution >= 4 is 35.0 Å². The molecule has 0 spiro atoms. The number of ether oxygens (including phenoxy) is 1. The van der Waals surface area contributed by atoms with E-state index in [4.69, 9.17) is 27.9 Å². The lowest BCUT2D eigenvalue weighted by Crippen LogP contribution is -2.65. The highest BCUT2D eigenvalue weighted by Gasteiger charge is 2.44. The van der Waals surface area contributed by atoms with E-state index < -0.39 is 5.60 Å². The Kier molecular flexibility index (Phi) is 4.36. The molecule has 1 aromatic heterocycles.